The lowest BCUT2D eigenvalue weighted by Gasteiger charge is -2.35. The smallest absolute Gasteiger partial charge is 0.357 e. The molecule has 3 rings (SSSR count). The number of halogens is 2. The Balaban J connectivity index is 1.83. The Hall–Kier alpha value is -3.41. The minimum Gasteiger partial charge on any atom is -0.489 e. The summed E-state index contributed by atoms with van der Waals surface area (Å²) in [6, 6.07) is 22.9. The van der Waals surface area contributed by atoms with Crippen molar-refractivity contribution in [3.05, 3.63) is 96.1 Å². The van der Waals surface area contributed by atoms with E-state index >= 15 is 8.78 Å². The van der Waals surface area contributed by atoms with Crippen LogP contribution in [0.3, 0.4) is 0 Å². The number of para-hydroxylation sites is 1. The van der Waals surface area contributed by atoms with Gasteiger partial charge in [0.05, 0.1) is 6.61 Å². The summed E-state index contributed by atoms with van der Waals surface area (Å²) >= 11 is 0. The first-order valence-electron chi connectivity index (χ1n) is 9.93. The lowest BCUT2D eigenvalue weighted by atomic mass is 9.91. The quantitative estimate of drug-likeness (QED) is 0.408. The Labute approximate surface area is 180 Å². The van der Waals surface area contributed by atoms with Gasteiger partial charge in [-0.2, -0.15) is 8.78 Å². The third-order valence-electron chi connectivity index (χ3n) is 4.79. The summed E-state index contributed by atoms with van der Waals surface area (Å²) in [5, 5.41) is 0. The van der Waals surface area contributed by atoms with Crippen LogP contribution >= 0.6 is 0 Å². The van der Waals surface area contributed by atoms with E-state index in [0.29, 0.717) is 12.4 Å². The second-order valence-corrected chi connectivity index (χ2v) is 7.04. The van der Waals surface area contributed by atoms with Crippen molar-refractivity contribution in [1.82, 2.24) is 0 Å². The molecule has 1 unspecified atom stereocenters. The van der Waals surface area contributed by atoms with Gasteiger partial charge in [0.15, 0.2) is 0 Å². The molecule has 6 heteroatoms. The monoisotopic (exact) mass is 426 g/mol. The van der Waals surface area contributed by atoms with Gasteiger partial charge in [-0.25, -0.2) is 4.79 Å². The SMILES string of the molecule is CCOC(=O)C(C)(Oc1ccccc1)C(F)(F)c1ccc(OCc2ccccc2)cc1. The van der Waals surface area contributed by atoms with E-state index in [1.807, 2.05) is 30.3 Å². The molecule has 3 aromatic rings. The van der Waals surface area contributed by atoms with Crippen LogP contribution in [0.1, 0.15) is 25.0 Å². The molecule has 1 atom stereocenters. The molecule has 0 aliphatic carbocycles. The summed E-state index contributed by atoms with van der Waals surface area (Å²) < 4.78 is 47.3. The van der Waals surface area contributed by atoms with Gasteiger partial charge < -0.3 is 14.2 Å². The average Bonchev–Trinajstić information content (AvgIpc) is 2.79. The van der Waals surface area contributed by atoms with Crippen molar-refractivity contribution >= 4 is 5.97 Å². The summed E-state index contributed by atoms with van der Waals surface area (Å²) in [7, 11) is 0. The minimum absolute atomic E-state index is 0.0467. The van der Waals surface area contributed by atoms with E-state index in [0.717, 1.165) is 12.5 Å². The van der Waals surface area contributed by atoms with Crippen molar-refractivity contribution in [2.45, 2.75) is 32.0 Å². The fourth-order valence-electron chi connectivity index (χ4n) is 3.00. The molecule has 31 heavy (non-hydrogen) atoms. The van der Waals surface area contributed by atoms with Gasteiger partial charge in [0, 0.05) is 5.56 Å². The topological polar surface area (TPSA) is 44.8 Å². The highest BCUT2D eigenvalue weighted by Gasteiger charge is 2.60. The maximum Gasteiger partial charge on any atom is 0.357 e. The molecule has 0 fully saturated rings. The van der Waals surface area contributed by atoms with Gasteiger partial charge in [-0.3, -0.25) is 0 Å². The van der Waals surface area contributed by atoms with Crippen LogP contribution in [0.25, 0.3) is 0 Å². The molecule has 0 N–H and O–H groups in total. The predicted molar refractivity (Wildman–Crippen MR) is 113 cm³/mol. The molecule has 3 aromatic carbocycles. The van der Waals surface area contributed by atoms with Gasteiger partial charge >= 0.3 is 11.9 Å². The largest absolute Gasteiger partial charge is 0.489 e. The molecular weight excluding hydrogens is 402 g/mol. The van der Waals surface area contributed by atoms with Crippen molar-refractivity contribution in [3.63, 3.8) is 0 Å². The Kier molecular flexibility index (Phi) is 6.90. The molecule has 0 saturated heterocycles. The van der Waals surface area contributed by atoms with Crippen LogP contribution < -0.4 is 9.47 Å². The molecule has 0 heterocycles. The van der Waals surface area contributed by atoms with E-state index in [9.17, 15) is 4.79 Å². The Morgan fingerprint density at radius 2 is 1.42 bits per heavy atom. The molecule has 162 valence electrons. The second kappa shape index (κ2) is 9.60. The van der Waals surface area contributed by atoms with Gasteiger partial charge in [0.1, 0.15) is 18.1 Å². The first-order chi connectivity index (χ1) is 14.9. The third-order valence-corrected chi connectivity index (χ3v) is 4.79. The first-order valence-corrected chi connectivity index (χ1v) is 9.93. The molecule has 0 aliphatic heterocycles. The molecule has 0 radical (unpaired) electrons. The van der Waals surface area contributed by atoms with Crippen molar-refractivity contribution < 1.29 is 27.8 Å². The lowest BCUT2D eigenvalue weighted by Crippen LogP contribution is -2.55. The molecule has 0 spiro atoms. The van der Waals surface area contributed by atoms with E-state index in [1.165, 1.54) is 36.4 Å². The third kappa shape index (κ3) is 5.02. The zero-order chi connectivity index (χ0) is 22.3. The summed E-state index contributed by atoms with van der Waals surface area (Å²) in [5.41, 5.74) is -1.98. The highest BCUT2D eigenvalue weighted by molar-refractivity contribution is 5.81. The average molecular weight is 426 g/mol. The summed E-state index contributed by atoms with van der Waals surface area (Å²) in [4.78, 5) is 12.6. The van der Waals surface area contributed by atoms with Gasteiger partial charge in [-0.15, -0.1) is 0 Å². The van der Waals surface area contributed by atoms with Crippen LogP contribution in [-0.4, -0.2) is 18.2 Å². The molecule has 0 bridgehead atoms. The normalized spacial score (nSPS) is 13.2. The zero-order valence-corrected chi connectivity index (χ0v) is 17.4. The van der Waals surface area contributed by atoms with Crippen LogP contribution in [-0.2, 0) is 22.1 Å². The number of carbonyl (C=O) groups is 1. The maximum atomic E-state index is 15.6. The van der Waals surface area contributed by atoms with Gasteiger partial charge in [-0.1, -0.05) is 48.5 Å². The zero-order valence-electron chi connectivity index (χ0n) is 17.4. The fraction of sp³-hybridized carbons (Fsp3) is 0.240. The van der Waals surface area contributed by atoms with Gasteiger partial charge in [0.2, 0.25) is 0 Å². The Morgan fingerprint density at radius 3 is 2.00 bits per heavy atom. The number of esters is 1. The molecule has 0 aliphatic rings. The molecule has 4 nitrogen and oxygen atoms in total. The van der Waals surface area contributed by atoms with Crippen molar-refractivity contribution in [2.75, 3.05) is 6.61 Å². The Morgan fingerprint density at radius 1 is 0.839 bits per heavy atom. The highest BCUT2D eigenvalue weighted by atomic mass is 19.3. The summed E-state index contributed by atoms with van der Waals surface area (Å²) in [6.45, 7) is 2.86. The summed E-state index contributed by atoms with van der Waals surface area (Å²) in [6.07, 6.45) is 0. The number of hydrogen-bond donors (Lipinski definition) is 0. The predicted octanol–water partition coefficient (Wildman–Crippen LogP) is 5.76. The van der Waals surface area contributed by atoms with E-state index in [4.69, 9.17) is 14.2 Å². The Bertz CT molecular complexity index is 975. The molecule has 0 saturated carbocycles. The van der Waals surface area contributed by atoms with Crippen molar-refractivity contribution in [2.24, 2.45) is 0 Å². The van der Waals surface area contributed by atoms with Crippen LogP contribution in [0.2, 0.25) is 0 Å². The van der Waals surface area contributed by atoms with Gasteiger partial charge in [0.25, 0.3) is 5.60 Å². The van der Waals surface area contributed by atoms with E-state index in [1.54, 1.807) is 25.1 Å². The molecular formula is C25H24F2O4. The van der Waals surface area contributed by atoms with Crippen LogP contribution in [0.15, 0.2) is 84.9 Å². The van der Waals surface area contributed by atoms with Crippen LogP contribution in [0.4, 0.5) is 8.78 Å². The van der Waals surface area contributed by atoms with E-state index in [-0.39, 0.29) is 17.9 Å². The molecule has 0 amide bonds. The van der Waals surface area contributed by atoms with E-state index < -0.39 is 17.5 Å². The highest BCUT2D eigenvalue weighted by Crippen LogP contribution is 2.43. The number of carbonyl (C=O) groups excluding carboxylic acids is 1. The number of alkyl halides is 2. The number of hydrogen-bond acceptors (Lipinski definition) is 4. The molecule has 0 aromatic heterocycles. The number of ether oxygens (including phenoxy) is 3. The number of benzene rings is 3. The first kappa shape index (κ1) is 22.3. The number of rotatable bonds is 9. The maximum absolute atomic E-state index is 15.6. The fourth-order valence-corrected chi connectivity index (χ4v) is 3.00. The standard InChI is InChI=1S/C25H24F2O4/c1-3-29-23(28)24(2,31-22-12-8-5-9-13-22)25(26,27)20-14-16-21(17-15-20)30-18-19-10-6-4-7-11-19/h4-17H,3,18H2,1-2H3. The van der Waals surface area contributed by atoms with Crippen LogP contribution in [0.5, 0.6) is 11.5 Å². The van der Waals surface area contributed by atoms with Crippen molar-refractivity contribution in [1.29, 1.82) is 0 Å². The minimum atomic E-state index is -3.67. The lowest BCUT2D eigenvalue weighted by molar-refractivity contribution is -0.202. The van der Waals surface area contributed by atoms with E-state index in [2.05, 4.69) is 0 Å². The van der Waals surface area contributed by atoms with Crippen LogP contribution in [0, 0.1) is 0 Å². The van der Waals surface area contributed by atoms with Crippen molar-refractivity contribution in [3.8, 4) is 11.5 Å². The van der Waals surface area contributed by atoms with Gasteiger partial charge in [-0.05, 0) is 55.8 Å². The second-order valence-electron chi connectivity index (χ2n) is 7.04. The summed E-state index contributed by atoms with van der Waals surface area (Å²) in [5.74, 6) is -4.24.